The Morgan fingerprint density at radius 2 is 2.00 bits per heavy atom. The van der Waals surface area contributed by atoms with Crippen LogP contribution in [0.25, 0.3) is 11.3 Å². The molecule has 2 N–H and O–H groups in total. The Hall–Kier alpha value is -4.10. The summed E-state index contributed by atoms with van der Waals surface area (Å²) in [6, 6.07) is 12.3. The van der Waals surface area contributed by atoms with Gasteiger partial charge in [-0.25, -0.2) is 4.39 Å². The molecule has 3 rings (SSSR count). The minimum Gasteiger partial charge on any atom is -0.385 e. The van der Waals surface area contributed by atoms with Crippen LogP contribution >= 0.6 is 0 Å². The molecule has 0 spiro atoms. The Labute approximate surface area is 195 Å². The van der Waals surface area contributed by atoms with E-state index >= 15 is 0 Å². The van der Waals surface area contributed by atoms with Gasteiger partial charge >= 0.3 is 0 Å². The van der Waals surface area contributed by atoms with E-state index in [1.165, 1.54) is 17.7 Å². The fraction of sp³-hybridized carbons (Fsp3) is 0.138. The second-order valence-corrected chi connectivity index (χ2v) is 7.49. The number of nitrogens with one attached hydrogen (secondary N) is 2. The van der Waals surface area contributed by atoms with E-state index in [2.05, 4.69) is 46.6 Å². The van der Waals surface area contributed by atoms with E-state index in [1.54, 1.807) is 18.2 Å². The minimum atomic E-state index is -0.275. The standard InChI is InChI=1S/C29H28FN3/c1-4-7-25(8-5-2)29-17-14-26(22(3)31-18-6-9-24-20-32-33-21-24)19-27(29)13-10-23-11-15-28(30)16-12-23/h4-5,7-8,11-12,14-17,19-21,31H,1,3,6,9,18H2,2H3,(H,32,33)/b8-5-,25-7+. The highest BCUT2D eigenvalue weighted by atomic mass is 19.1. The molecule has 2 aromatic carbocycles. The predicted octanol–water partition coefficient (Wildman–Crippen LogP) is 6.29. The van der Waals surface area contributed by atoms with E-state index < -0.39 is 0 Å². The zero-order chi connectivity index (χ0) is 23.5. The Bertz CT molecular complexity index is 1200. The average Bonchev–Trinajstić information content (AvgIpc) is 3.35. The molecule has 0 bridgehead atoms. The van der Waals surface area contributed by atoms with E-state index in [9.17, 15) is 4.39 Å². The van der Waals surface area contributed by atoms with Crippen molar-refractivity contribution in [2.45, 2.75) is 19.8 Å². The second-order valence-electron chi connectivity index (χ2n) is 7.49. The van der Waals surface area contributed by atoms with Gasteiger partial charge in [0.1, 0.15) is 5.82 Å². The van der Waals surface area contributed by atoms with Crippen LogP contribution in [0, 0.1) is 17.7 Å². The molecule has 1 aromatic heterocycles. The van der Waals surface area contributed by atoms with E-state index in [0.29, 0.717) is 0 Å². The molecule has 0 amide bonds. The molecular formula is C29H28FN3. The summed E-state index contributed by atoms with van der Waals surface area (Å²) in [6.45, 7) is 10.8. The molecule has 1 heterocycles. The maximum absolute atomic E-state index is 13.2. The van der Waals surface area contributed by atoms with Crippen LogP contribution in [0.2, 0.25) is 0 Å². The van der Waals surface area contributed by atoms with Crippen molar-refractivity contribution < 1.29 is 4.39 Å². The lowest BCUT2D eigenvalue weighted by atomic mass is 9.95. The van der Waals surface area contributed by atoms with Crippen LogP contribution in [0.4, 0.5) is 4.39 Å². The first-order valence-electron chi connectivity index (χ1n) is 10.9. The smallest absolute Gasteiger partial charge is 0.123 e. The maximum atomic E-state index is 13.2. The van der Waals surface area contributed by atoms with E-state index in [1.807, 2.05) is 49.7 Å². The van der Waals surface area contributed by atoms with Crippen LogP contribution in [0.1, 0.15) is 41.2 Å². The van der Waals surface area contributed by atoms with Gasteiger partial charge in [0.15, 0.2) is 0 Å². The number of halogens is 1. The van der Waals surface area contributed by atoms with Gasteiger partial charge in [0.25, 0.3) is 0 Å². The van der Waals surface area contributed by atoms with Gasteiger partial charge in [-0.05, 0) is 72.4 Å². The summed E-state index contributed by atoms with van der Waals surface area (Å²) in [5, 5.41) is 10.2. The molecule has 0 atom stereocenters. The summed E-state index contributed by atoms with van der Waals surface area (Å²) < 4.78 is 13.2. The number of aromatic amines is 1. The van der Waals surface area contributed by atoms with Gasteiger partial charge in [-0.15, -0.1) is 0 Å². The third-order valence-corrected chi connectivity index (χ3v) is 5.04. The van der Waals surface area contributed by atoms with Crippen molar-refractivity contribution in [3.05, 3.63) is 126 Å². The van der Waals surface area contributed by atoms with E-state index in [4.69, 9.17) is 0 Å². The van der Waals surface area contributed by atoms with E-state index in [-0.39, 0.29) is 5.82 Å². The molecular weight excluding hydrogens is 409 g/mol. The van der Waals surface area contributed by atoms with Crippen LogP contribution in [-0.4, -0.2) is 16.7 Å². The van der Waals surface area contributed by atoms with Crippen LogP contribution < -0.4 is 5.32 Å². The van der Waals surface area contributed by atoms with Crippen molar-refractivity contribution in [2.75, 3.05) is 6.54 Å². The fourth-order valence-corrected chi connectivity index (χ4v) is 3.35. The number of rotatable bonds is 9. The Morgan fingerprint density at radius 3 is 2.70 bits per heavy atom. The molecule has 4 heteroatoms. The van der Waals surface area contributed by atoms with Crippen LogP contribution in [-0.2, 0) is 6.42 Å². The van der Waals surface area contributed by atoms with Crippen molar-refractivity contribution >= 4 is 11.3 Å². The highest BCUT2D eigenvalue weighted by Crippen LogP contribution is 2.24. The SMILES string of the molecule is C=C/C=C(\C=C/C)c1ccc(C(=C)NCCCc2cn[nH]c2)cc1C#Cc1ccc(F)cc1. The molecule has 0 aliphatic rings. The summed E-state index contributed by atoms with van der Waals surface area (Å²) in [5.41, 5.74) is 6.65. The average molecular weight is 438 g/mol. The molecule has 166 valence electrons. The van der Waals surface area contributed by atoms with Crippen molar-refractivity contribution in [3.8, 4) is 11.8 Å². The predicted molar refractivity (Wildman–Crippen MR) is 136 cm³/mol. The first kappa shape index (κ1) is 23.6. The highest BCUT2D eigenvalue weighted by Gasteiger charge is 2.08. The molecule has 0 unspecified atom stereocenters. The van der Waals surface area contributed by atoms with Gasteiger partial charge in [-0.3, -0.25) is 5.10 Å². The lowest BCUT2D eigenvalue weighted by molar-refractivity contribution is 0.627. The highest BCUT2D eigenvalue weighted by molar-refractivity contribution is 5.80. The zero-order valence-electron chi connectivity index (χ0n) is 18.9. The Kier molecular flexibility index (Phi) is 8.62. The van der Waals surface area contributed by atoms with Gasteiger partial charge in [0.05, 0.1) is 6.20 Å². The van der Waals surface area contributed by atoms with E-state index in [0.717, 1.165) is 52.9 Å². The number of hydrogen-bond acceptors (Lipinski definition) is 2. The molecule has 0 saturated carbocycles. The van der Waals surface area contributed by atoms with Gasteiger partial charge in [-0.1, -0.05) is 61.4 Å². The quantitative estimate of drug-likeness (QED) is 0.235. The molecule has 0 aliphatic heterocycles. The summed E-state index contributed by atoms with van der Waals surface area (Å²) in [5.74, 6) is 6.14. The summed E-state index contributed by atoms with van der Waals surface area (Å²) in [4.78, 5) is 0. The van der Waals surface area contributed by atoms with Gasteiger partial charge in [-0.2, -0.15) is 5.10 Å². The van der Waals surface area contributed by atoms with Crippen molar-refractivity contribution in [1.82, 2.24) is 15.5 Å². The summed E-state index contributed by atoms with van der Waals surface area (Å²) in [6.07, 6.45) is 13.4. The first-order valence-corrected chi connectivity index (χ1v) is 10.9. The van der Waals surface area contributed by atoms with Gasteiger partial charge in [0, 0.05) is 29.6 Å². The lowest BCUT2D eigenvalue weighted by Gasteiger charge is -2.13. The lowest BCUT2D eigenvalue weighted by Crippen LogP contribution is -2.13. The number of aromatic nitrogens is 2. The molecule has 0 saturated heterocycles. The first-order chi connectivity index (χ1) is 16.1. The number of allylic oxidation sites excluding steroid dienone is 5. The third-order valence-electron chi connectivity index (χ3n) is 5.04. The summed E-state index contributed by atoms with van der Waals surface area (Å²) >= 11 is 0. The van der Waals surface area contributed by atoms with Crippen molar-refractivity contribution in [1.29, 1.82) is 0 Å². The van der Waals surface area contributed by atoms with Crippen molar-refractivity contribution in [3.63, 3.8) is 0 Å². The Balaban J connectivity index is 1.84. The van der Waals surface area contributed by atoms with Gasteiger partial charge in [0.2, 0.25) is 0 Å². The number of benzene rings is 2. The van der Waals surface area contributed by atoms with Crippen LogP contribution in [0.15, 0.2) is 92.3 Å². The van der Waals surface area contributed by atoms with Crippen molar-refractivity contribution in [2.24, 2.45) is 0 Å². The third kappa shape index (κ3) is 6.95. The second kappa shape index (κ2) is 12.1. The number of aryl methyl sites for hydroxylation is 1. The van der Waals surface area contributed by atoms with Gasteiger partial charge < -0.3 is 5.32 Å². The van der Waals surface area contributed by atoms with Crippen LogP contribution in [0.5, 0.6) is 0 Å². The molecule has 3 nitrogen and oxygen atoms in total. The molecule has 0 aliphatic carbocycles. The minimum absolute atomic E-state index is 0.275. The number of nitrogens with zero attached hydrogens (tertiary/aromatic N) is 1. The largest absolute Gasteiger partial charge is 0.385 e. The molecule has 33 heavy (non-hydrogen) atoms. The number of hydrogen-bond donors (Lipinski definition) is 2. The van der Waals surface area contributed by atoms with Crippen LogP contribution in [0.3, 0.4) is 0 Å². The number of H-pyrrole nitrogens is 1. The molecule has 3 aromatic rings. The normalized spacial score (nSPS) is 11.2. The Morgan fingerprint density at radius 1 is 1.18 bits per heavy atom. The summed E-state index contributed by atoms with van der Waals surface area (Å²) in [7, 11) is 0. The fourth-order valence-electron chi connectivity index (χ4n) is 3.35. The monoisotopic (exact) mass is 437 g/mol. The maximum Gasteiger partial charge on any atom is 0.123 e. The molecule has 0 radical (unpaired) electrons. The zero-order valence-corrected chi connectivity index (χ0v) is 18.9. The topological polar surface area (TPSA) is 40.7 Å². The molecule has 0 fully saturated rings.